The fraction of sp³-hybridized carbons (Fsp3) is 0.333. The molecule has 1 amide bonds. The number of halogens is 2. The molecule has 0 saturated carbocycles. The number of carbonyl (C=O) groups excluding carboxylic acids is 2. The van der Waals surface area contributed by atoms with E-state index in [-0.39, 0.29) is 16.9 Å². The number of hydrogen-bond donors (Lipinski definition) is 1. The summed E-state index contributed by atoms with van der Waals surface area (Å²) in [5.74, 6) is -2.48. The zero-order valence-electron chi connectivity index (χ0n) is 17.7. The molecule has 6 nitrogen and oxygen atoms in total. The van der Waals surface area contributed by atoms with Crippen molar-refractivity contribution in [3.05, 3.63) is 69.5 Å². The average Bonchev–Trinajstić information content (AvgIpc) is 3.39. The summed E-state index contributed by atoms with van der Waals surface area (Å²) in [4.78, 5) is 29.8. The molecule has 1 N–H and O–H groups in total. The summed E-state index contributed by atoms with van der Waals surface area (Å²) in [6.45, 7) is 2.94. The van der Waals surface area contributed by atoms with Crippen LogP contribution in [0.1, 0.15) is 30.0 Å². The molecule has 2 saturated heterocycles. The van der Waals surface area contributed by atoms with Crippen LogP contribution in [-0.4, -0.2) is 59.9 Å². The summed E-state index contributed by atoms with van der Waals surface area (Å²) in [5.41, 5.74) is 0.760. The SMILES string of the molecule is COc1ccc(/C(O)=C2\C(=O)C(=O)N(CCN3CCCC3)C2c2cccc(Br)c2)cc1F. The predicted octanol–water partition coefficient (Wildman–Crippen LogP) is 4.11. The molecule has 2 aliphatic rings. The van der Waals surface area contributed by atoms with Crippen molar-refractivity contribution in [2.24, 2.45) is 0 Å². The summed E-state index contributed by atoms with van der Waals surface area (Å²) in [6.07, 6.45) is 2.24. The van der Waals surface area contributed by atoms with Gasteiger partial charge < -0.3 is 19.6 Å². The molecule has 32 heavy (non-hydrogen) atoms. The Balaban J connectivity index is 1.77. The first-order chi connectivity index (χ1) is 15.4. The second kappa shape index (κ2) is 9.42. The van der Waals surface area contributed by atoms with Gasteiger partial charge >= 0.3 is 0 Å². The van der Waals surface area contributed by atoms with Crippen LogP contribution >= 0.6 is 15.9 Å². The number of aliphatic hydroxyl groups is 1. The van der Waals surface area contributed by atoms with Gasteiger partial charge in [0.2, 0.25) is 0 Å². The minimum Gasteiger partial charge on any atom is -0.507 e. The van der Waals surface area contributed by atoms with Gasteiger partial charge in [-0.25, -0.2) is 4.39 Å². The van der Waals surface area contributed by atoms with Gasteiger partial charge in [0.25, 0.3) is 11.7 Å². The highest BCUT2D eigenvalue weighted by Crippen LogP contribution is 2.40. The Morgan fingerprint density at radius 2 is 1.91 bits per heavy atom. The van der Waals surface area contributed by atoms with E-state index < -0.39 is 29.3 Å². The third-order valence-electron chi connectivity index (χ3n) is 5.99. The molecule has 2 fully saturated rings. The van der Waals surface area contributed by atoms with Crippen molar-refractivity contribution >= 4 is 33.4 Å². The minimum absolute atomic E-state index is 0.0242. The zero-order valence-corrected chi connectivity index (χ0v) is 19.3. The number of hydrogen-bond acceptors (Lipinski definition) is 5. The molecular weight excluding hydrogens is 479 g/mol. The average molecular weight is 503 g/mol. The van der Waals surface area contributed by atoms with Crippen molar-refractivity contribution in [1.29, 1.82) is 0 Å². The van der Waals surface area contributed by atoms with Crippen molar-refractivity contribution < 1.29 is 23.8 Å². The van der Waals surface area contributed by atoms with E-state index in [9.17, 15) is 19.1 Å². The Morgan fingerprint density at radius 1 is 1.16 bits per heavy atom. The van der Waals surface area contributed by atoms with Gasteiger partial charge in [0.1, 0.15) is 5.76 Å². The van der Waals surface area contributed by atoms with Gasteiger partial charge in [0, 0.05) is 23.1 Å². The number of ether oxygens (including phenoxy) is 1. The summed E-state index contributed by atoms with van der Waals surface area (Å²) >= 11 is 3.44. The van der Waals surface area contributed by atoms with E-state index in [1.807, 2.05) is 24.3 Å². The molecule has 1 atom stereocenters. The second-order valence-corrected chi connectivity index (χ2v) is 8.86. The molecule has 2 aliphatic heterocycles. The number of aliphatic hydroxyl groups excluding tert-OH is 1. The monoisotopic (exact) mass is 502 g/mol. The lowest BCUT2D eigenvalue weighted by molar-refractivity contribution is -0.140. The lowest BCUT2D eigenvalue weighted by Crippen LogP contribution is -2.37. The summed E-state index contributed by atoms with van der Waals surface area (Å²) in [5, 5.41) is 11.0. The van der Waals surface area contributed by atoms with E-state index in [4.69, 9.17) is 4.74 Å². The fourth-order valence-electron chi connectivity index (χ4n) is 4.36. The van der Waals surface area contributed by atoms with Crippen LogP contribution in [0.15, 0.2) is 52.5 Å². The highest BCUT2D eigenvalue weighted by Gasteiger charge is 2.46. The van der Waals surface area contributed by atoms with Gasteiger partial charge in [-0.1, -0.05) is 28.1 Å². The normalized spacial score (nSPS) is 20.8. The smallest absolute Gasteiger partial charge is 0.295 e. The molecule has 0 aliphatic carbocycles. The van der Waals surface area contributed by atoms with Gasteiger partial charge in [0.05, 0.1) is 18.7 Å². The molecule has 0 radical (unpaired) electrons. The van der Waals surface area contributed by atoms with Crippen molar-refractivity contribution in [1.82, 2.24) is 9.80 Å². The number of ketones is 1. The quantitative estimate of drug-likeness (QED) is 0.365. The third kappa shape index (κ3) is 4.29. The van der Waals surface area contributed by atoms with Crippen LogP contribution in [-0.2, 0) is 9.59 Å². The fourth-order valence-corrected chi connectivity index (χ4v) is 4.78. The van der Waals surface area contributed by atoms with Crippen LogP contribution < -0.4 is 4.74 Å². The number of nitrogens with zero attached hydrogens (tertiary/aromatic N) is 2. The number of likely N-dealkylation sites (tertiary alicyclic amines) is 2. The lowest BCUT2D eigenvalue weighted by atomic mass is 9.95. The van der Waals surface area contributed by atoms with Crippen LogP contribution in [0.4, 0.5) is 4.39 Å². The molecule has 2 aromatic rings. The number of Topliss-reactive ketones (excluding diaryl/α,β-unsaturated/α-hetero) is 1. The van der Waals surface area contributed by atoms with Gasteiger partial charge in [-0.15, -0.1) is 0 Å². The number of amides is 1. The number of methoxy groups -OCH3 is 1. The van der Waals surface area contributed by atoms with Crippen LogP contribution in [0, 0.1) is 5.82 Å². The molecule has 4 rings (SSSR count). The lowest BCUT2D eigenvalue weighted by Gasteiger charge is -2.27. The van der Waals surface area contributed by atoms with E-state index >= 15 is 0 Å². The van der Waals surface area contributed by atoms with Gasteiger partial charge in [0.15, 0.2) is 11.6 Å². The van der Waals surface area contributed by atoms with Crippen molar-refractivity contribution in [2.75, 3.05) is 33.3 Å². The van der Waals surface area contributed by atoms with Crippen LogP contribution in [0.25, 0.3) is 5.76 Å². The highest BCUT2D eigenvalue weighted by atomic mass is 79.9. The molecule has 2 aromatic carbocycles. The predicted molar refractivity (Wildman–Crippen MR) is 122 cm³/mol. The number of benzene rings is 2. The third-order valence-corrected chi connectivity index (χ3v) is 6.48. The summed E-state index contributed by atoms with van der Waals surface area (Å²) in [6, 6.07) is 10.5. The molecule has 8 heteroatoms. The van der Waals surface area contributed by atoms with E-state index in [1.165, 1.54) is 24.1 Å². The van der Waals surface area contributed by atoms with E-state index in [0.29, 0.717) is 18.7 Å². The van der Waals surface area contributed by atoms with Gasteiger partial charge in [-0.05, 0) is 61.8 Å². The Hall–Kier alpha value is -2.71. The first-order valence-corrected chi connectivity index (χ1v) is 11.3. The zero-order chi connectivity index (χ0) is 22.8. The Bertz CT molecular complexity index is 1080. The first-order valence-electron chi connectivity index (χ1n) is 10.5. The Morgan fingerprint density at radius 3 is 2.56 bits per heavy atom. The van der Waals surface area contributed by atoms with Gasteiger partial charge in [-0.3, -0.25) is 9.59 Å². The van der Waals surface area contributed by atoms with Gasteiger partial charge in [-0.2, -0.15) is 0 Å². The molecule has 168 valence electrons. The maximum atomic E-state index is 14.3. The first kappa shape index (κ1) is 22.5. The van der Waals surface area contributed by atoms with Crippen molar-refractivity contribution in [2.45, 2.75) is 18.9 Å². The topological polar surface area (TPSA) is 70.1 Å². The molecule has 0 bridgehead atoms. The molecule has 0 aromatic heterocycles. The van der Waals surface area contributed by atoms with E-state index in [0.717, 1.165) is 36.5 Å². The Labute approximate surface area is 194 Å². The summed E-state index contributed by atoms with van der Waals surface area (Å²) < 4.78 is 20.0. The maximum absolute atomic E-state index is 14.3. The standard InChI is InChI=1S/C24H24BrFN2O4/c1-32-19-8-7-16(14-18(19)26)22(29)20-21(15-5-4-6-17(25)13-15)28(24(31)23(20)30)12-11-27-9-2-3-10-27/h4-8,13-14,21,29H,2-3,9-12H2,1H3/b22-20+. The van der Waals surface area contributed by atoms with Crippen molar-refractivity contribution in [3.63, 3.8) is 0 Å². The maximum Gasteiger partial charge on any atom is 0.295 e. The van der Waals surface area contributed by atoms with E-state index in [2.05, 4.69) is 20.8 Å². The molecular formula is C24H24BrFN2O4. The highest BCUT2D eigenvalue weighted by molar-refractivity contribution is 9.10. The summed E-state index contributed by atoms with van der Waals surface area (Å²) in [7, 11) is 1.34. The number of rotatable bonds is 6. The number of carbonyl (C=O) groups is 2. The molecule has 1 unspecified atom stereocenters. The van der Waals surface area contributed by atoms with E-state index in [1.54, 1.807) is 0 Å². The van der Waals surface area contributed by atoms with Crippen LogP contribution in [0.3, 0.4) is 0 Å². The molecule has 0 spiro atoms. The Kier molecular flexibility index (Phi) is 6.62. The van der Waals surface area contributed by atoms with Crippen LogP contribution in [0.2, 0.25) is 0 Å². The minimum atomic E-state index is -0.773. The van der Waals surface area contributed by atoms with Crippen molar-refractivity contribution in [3.8, 4) is 5.75 Å². The second-order valence-electron chi connectivity index (χ2n) is 7.95. The largest absolute Gasteiger partial charge is 0.507 e. The molecule has 2 heterocycles. The van der Waals surface area contributed by atoms with Crippen LogP contribution in [0.5, 0.6) is 5.75 Å².